The van der Waals surface area contributed by atoms with Crippen molar-refractivity contribution >= 4 is 11.8 Å². The van der Waals surface area contributed by atoms with Gasteiger partial charge in [0.05, 0.1) is 19.9 Å². The van der Waals surface area contributed by atoms with E-state index in [4.69, 9.17) is 4.84 Å². The highest BCUT2D eigenvalue weighted by Gasteiger charge is 2.16. The second-order valence-electron chi connectivity index (χ2n) is 2.73. The van der Waals surface area contributed by atoms with Gasteiger partial charge >= 0.3 is 6.09 Å². The first-order valence-electron chi connectivity index (χ1n) is 4.18. The molecular formula is C10H13NO3. The molecular weight excluding hydrogens is 182 g/mol. The molecule has 14 heavy (non-hydrogen) atoms. The van der Waals surface area contributed by atoms with E-state index in [1.807, 2.05) is 25.1 Å². The van der Waals surface area contributed by atoms with E-state index in [0.717, 1.165) is 10.6 Å². The smallest absolute Gasteiger partial charge is 0.438 e. The Morgan fingerprint density at radius 1 is 1.29 bits per heavy atom. The molecule has 0 aromatic heterocycles. The molecule has 0 aliphatic heterocycles. The van der Waals surface area contributed by atoms with Gasteiger partial charge in [-0.2, -0.15) is 5.06 Å². The van der Waals surface area contributed by atoms with Gasteiger partial charge in [0, 0.05) is 0 Å². The minimum atomic E-state index is -0.540. The van der Waals surface area contributed by atoms with E-state index < -0.39 is 6.09 Å². The van der Waals surface area contributed by atoms with Crippen LogP contribution in [0.1, 0.15) is 5.56 Å². The summed E-state index contributed by atoms with van der Waals surface area (Å²) in [5.41, 5.74) is 1.63. The number of amides is 1. The predicted molar refractivity (Wildman–Crippen MR) is 53.1 cm³/mol. The maximum atomic E-state index is 11.3. The molecule has 1 rings (SSSR count). The molecule has 0 bridgehead atoms. The van der Waals surface area contributed by atoms with Crippen LogP contribution in [-0.4, -0.2) is 20.3 Å². The number of benzene rings is 1. The summed E-state index contributed by atoms with van der Waals surface area (Å²) in [6.45, 7) is 1.89. The summed E-state index contributed by atoms with van der Waals surface area (Å²) in [7, 11) is 2.73. The highest BCUT2D eigenvalue weighted by Crippen LogP contribution is 2.19. The van der Waals surface area contributed by atoms with Gasteiger partial charge in [-0.1, -0.05) is 18.2 Å². The van der Waals surface area contributed by atoms with Crippen molar-refractivity contribution in [3.63, 3.8) is 0 Å². The Labute approximate surface area is 83.0 Å². The zero-order valence-electron chi connectivity index (χ0n) is 8.48. The van der Waals surface area contributed by atoms with Crippen molar-refractivity contribution in [2.75, 3.05) is 19.3 Å². The van der Waals surface area contributed by atoms with Crippen LogP contribution >= 0.6 is 0 Å². The maximum absolute atomic E-state index is 11.3. The fraction of sp³-hybridized carbons (Fsp3) is 0.300. The number of methoxy groups -OCH3 is 1. The van der Waals surface area contributed by atoms with Crippen molar-refractivity contribution in [1.82, 2.24) is 0 Å². The highest BCUT2D eigenvalue weighted by molar-refractivity contribution is 5.86. The molecule has 0 fully saturated rings. The second-order valence-corrected chi connectivity index (χ2v) is 2.73. The highest BCUT2D eigenvalue weighted by atomic mass is 16.7. The Morgan fingerprint density at radius 3 is 2.43 bits per heavy atom. The maximum Gasteiger partial charge on any atom is 0.438 e. The first-order chi connectivity index (χ1) is 6.70. The molecule has 0 atom stereocenters. The van der Waals surface area contributed by atoms with Crippen LogP contribution < -0.4 is 5.06 Å². The molecule has 0 saturated heterocycles. The lowest BCUT2D eigenvalue weighted by atomic mass is 10.2. The number of rotatable bonds is 2. The first kappa shape index (κ1) is 10.5. The lowest BCUT2D eigenvalue weighted by Gasteiger charge is -2.19. The molecule has 0 heterocycles. The number of ether oxygens (including phenoxy) is 1. The van der Waals surface area contributed by atoms with Gasteiger partial charge in [-0.05, 0) is 18.6 Å². The van der Waals surface area contributed by atoms with Crippen molar-refractivity contribution in [2.45, 2.75) is 6.92 Å². The third kappa shape index (κ3) is 2.03. The van der Waals surface area contributed by atoms with E-state index in [-0.39, 0.29) is 0 Å². The van der Waals surface area contributed by atoms with Gasteiger partial charge in [0.15, 0.2) is 0 Å². The van der Waals surface area contributed by atoms with Crippen LogP contribution in [-0.2, 0) is 9.57 Å². The molecule has 1 aromatic rings. The number of carbonyl (C=O) groups is 1. The largest absolute Gasteiger partial charge is 0.451 e. The second kappa shape index (κ2) is 4.62. The molecule has 76 valence electrons. The normalized spacial score (nSPS) is 9.64. The summed E-state index contributed by atoms with van der Waals surface area (Å²) in [6, 6.07) is 7.40. The third-order valence-corrected chi connectivity index (χ3v) is 1.86. The molecule has 0 aliphatic rings. The van der Waals surface area contributed by atoms with E-state index >= 15 is 0 Å². The zero-order valence-corrected chi connectivity index (χ0v) is 8.48. The number of hydrogen-bond acceptors (Lipinski definition) is 3. The van der Waals surface area contributed by atoms with Crippen LogP contribution in [0.4, 0.5) is 10.5 Å². The number of aryl methyl sites for hydroxylation is 1. The van der Waals surface area contributed by atoms with Gasteiger partial charge in [-0.15, -0.1) is 0 Å². The molecule has 1 amide bonds. The fourth-order valence-electron chi connectivity index (χ4n) is 1.15. The van der Waals surface area contributed by atoms with Gasteiger partial charge in [0.1, 0.15) is 0 Å². The van der Waals surface area contributed by atoms with Gasteiger partial charge in [-0.25, -0.2) is 4.79 Å². The lowest BCUT2D eigenvalue weighted by Crippen LogP contribution is -2.30. The molecule has 0 aliphatic carbocycles. The van der Waals surface area contributed by atoms with Crippen molar-refractivity contribution in [3.8, 4) is 0 Å². The molecule has 0 radical (unpaired) electrons. The van der Waals surface area contributed by atoms with E-state index in [0.29, 0.717) is 5.69 Å². The molecule has 0 spiro atoms. The first-order valence-corrected chi connectivity index (χ1v) is 4.18. The van der Waals surface area contributed by atoms with Crippen LogP contribution in [0.15, 0.2) is 24.3 Å². The minimum absolute atomic E-state index is 0.540. The average molecular weight is 195 g/mol. The standard InChI is InChI=1S/C10H13NO3/c1-8-6-4-5-7-9(8)11(14-3)10(12)13-2/h4-7H,1-3H3. The van der Waals surface area contributed by atoms with Crippen molar-refractivity contribution in [1.29, 1.82) is 0 Å². The Hall–Kier alpha value is -1.55. The molecule has 0 N–H and O–H groups in total. The zero-order chi connectivity index (χ0) is 10.6. The summed E-state index contributed by atoms with van der Waals surface area (Å²) in [6.07, 6.45) is -0.540. The van der Waals surface area contributed by atoms with Crippen molar-refractivity contribution in [2.24, 2.45) is 0 Å². The number of carbonyl (C=O) groups excluding carboxylic acids is 1. The Bertz CT molecular complexity index is 325. The SMILES string of the molecule is COC(=O)N(OC)c1ccccc1C. The predicted octanol–water partition coefficient (Wildman–Crippen LogP) is 2.13. The molecule has 0 saturated carbocycles. The lowest BCUT2D eigenvalue weighted by molar-refractivity contribution is 0.115. The number of hydroxylamine groups is 1. The van der Waals surface area contributed by atoms with E-state index in [2.05, 4.69) is 4.74 Å². The van der Waals surface area contributed by atoms with Gasteiger partial charge in [0.25, 0.3) is 0 Å². The van der Waals surface area contributed by atoms with Gasteiger partial charge in [0.2, 0.25) is 0 Å². The Balaban J connectivity index is 3.01. The summed E-state index contributed by atoms with van der Waals surface area (Å²) < 4.78 is 4.57. The van der Waals surface area contributed by atoms with E-state index in [1.165, 1.54) is 14.2 Å². The quantitative estimate of drug-likeness (QED) is 0.678. The van der Waals surface area contributed by atoms with Crippen LogP contribution in [0.2, 0.25) is 0 Å². The minimum Gasteiger partial charge on any atom is -0.451 e. The summed E-state index contributed by atoms with van der Waals surface area (Å²) in [5, 5.41) is 1.11. The topological polar surface area (TPSA) is 38.8 Å². The summed E-state index contributed by atoms with van der Waals surface area (Å²) in [4.78, 5) is 16.2. The molecule has 0 unspecified atom stereocenters. The summed E-state index contributed by atoms with van der Waals surface area (Å²) in [5.74, 6) is 0. The van der Waals surface area contributed by atoms with Crippen molar-refractivity contribution < 1.29 is 14.4 Å². The molecule has 4 heteroatoms. The fourth-order valence-corrected chi connectivity index (χ4v) is 1.15. The van der Waals surface area contributed by atoms with Gasteiger partial charge in [-0.3, -0.25) is 4.84 Å². The number of anilines is 1. The van der Waals surface area contributed by atoms with Crippen molar-refractivity contribution in [3.05, 3.63) is 29.8 Å². The Morgan fingerprint density at radius 2 is 1.93 bits per heavy atom. The monoisotopic (exact) mass is 195 g/mol. The van der Waals surface area contributed by atoms with Crippen LogP contribution in [0.25, 0.3) is 0 Å². The van der Waals surface area contributed by atoms with Crippen LogP contribution in [0.3, 0.4) is 0 Å². The third-order valence-electron chi connectivity index (χ3n) is 1.86. The van der Waals surface area contributed by atoms with Gasteiger partial charge < -0.3 is 4.74 Å². The number of para-hydroxylation sites is 1. The Kier molecular flexibility index (Phi) is 3.48. The summed E-state index contributed by atoms with van der Waals surface area (Å²) >= 11 is 0. The number of hydrogen-bond donors (Lipinski definition) is 0. The molecule has 1 aromatic carbocycles. The van der Waals surface area contributed by atoms with Crippen LogP contribution in [0, 0.1) is 6.92 Å². The average Bonchev–Trinajstić information content (AvgIpc) is 2.21. The van der Waals surface area contributed by atoms with E-state index in [9.17, 15) is 4.79 Å². The number of nitrogens with zero attached hydrogens (tertiary/aromatic N) is 1. The van der Waals surface area contributed by atoms with Crippen LogP contribution in [0.5, 0.6) is 0 Å². The van der Waals surface area contributed by atoms with E-state index in [1.54, 1.807) is 6.07 Å². The molecule has 4 nitrogen and oxygen atoms in total.